The standard InChI is InChI=1S/C19H27N3O2S/c1-13-8-17(22-4-6-24-7-5-22)2-3-18(13)21-19(23)20-16-9-14-11-25-12-15(14)10-16/h2-3,8,14-16H,4-7,9-12H2,1H3,(H2,20,21,23). The zero-order valence-corrected chi connectivity index (χ0v) is 15.6. The SMILES string of the molecule is Cc1cc(N2CCOCC2)ccc1NC(=O)NC1CC2CSCC2C1. The van der Waals surface area contributed by atoms with Crippen molar-refractivity contribution in [3.05, 3.63) is 23.8 Å². The number of aryl methyl sites for hydroxylation is 1. The zero-order valence-electron chi connectivity index (χ0n) is 14.8. The summed E-state index contributed by atoms with van der Waals surface area (Å²) in [6.07, 6.45) is 2.28. The number of rotatable bonds is 3. The van der Waals surface area contributed by atoms with Gasteiger partial charge < -0.3 is 20.3 Å². The molecule has 5 nitrogen and oxygen atoms in total. The van der Waals surface area contributed by atoms with Crippen molar-refractivity contribution in [1.82, 2.24) is 5.32 Å². The van der Waals surface area contributed by atoms with Crippen molar-refractivity contribution in [3.63, 3.8) is 0 Å². The van der Waals surface area contributed by atoms with Gasteiger partial charge in [-0.05, 0) is 66.9 Å². The number of amides is 2. The van der Waals surface area contributed by atoms with Gasteiger partial charge in [-0.2, -0.15) is 11.8 Å². The summed E-state index contributed by atoms with van der Waals surface area (Å²) < 4.78 is 5.41. The Kier molecular flexibility index (Phi) is 5.08. The van der Waals surface area contributed by atoms with E-state index in [2.05, 4.69) is 46.4 Å². The van der Waals surface area contributed by atoms with Crippen molar-refractivity contribution in [2.75, 3.05) is 48.0 Å². The minimum absolute atomic E-state index is 0.0696. The summed E-state index contributed by atoms with van der Waals surface area (Å²) in [4.78, 5) is 14.7. The number of urea groups is 1. The van der Waals surface area contributed by atoms with Crippen LogP contribution in [-0.4, -0.2) is 49.9 Å². The second kappa shape index (κ2) is 7.46. The minimum Gasteiger partial charge on any atom is -0.378 e. The van der Waals surface area contributed by atoms with E-state index in [1.807, 2.05) is 6.07 Å². The summed E-state index contributed by atoms with van der Waals surface area (Å²) in [5, 5.41) is 6.21. The molecule has 25 heavy (non-hydrogen) atoms. The molecule has 3 fully saturated rings. The van der Waals surface area contributed by atoms with Crippen LogP contribution in [0, 0.1) is 18.8 Å². The van der Waals surface area contributed by atoms with Crippen LogP contribution in [-0.2, 0) is 4.74 Å². The first-order valence-corrected chi connectivity index (χ1v) is 10.4. The maximum Gasteiger partial charge on any atom is 0.319 e. The van der Waals surface area contributed by atoms with Crippen LogP contribution in [0.2, 0.25) is 0 Å². The molecule has 0 bridgehead atoms. The van der Waals surface area contributed by atoms with Gasteiger partial charge >= 0.3 is 6.03 Å². The van der Waals surface area contributed by atoms with Gasteiger partial charge in [0.25, 0.3) is 0 Å². The van der Waals surface area contributed by atoms with Gasteiger partial charge in [-0.3, -0.25) is 0 Å². The first-order valence-electron chi connectivity index (χ1n) is 9.27. The van der Waals surface area contributed by atoms with Crippen molar-refractivity contribution in [2.24, 2.45) is 11.8 Å². The van der Waals surface area contributed by atoms with Crippen LogP contribution in [0.5, 0.6) is 0 Å². The average Bonchev–Trinajstić information content (AvgIpc) is 3.19. The molecule has 2 atom stereocenters. The summed E-state index contributed by atoms with van der Waals surface area (Å²) in [7, 11) is 0. The number of carbonyl (C=O) groups is 1. The molecule has 2 amide bonds. The Hall–Kier alpha value is -1.40. The number of benzene rings is 1. The number of morpholine rings is 1. The van der Waals surface area contributed by atoms with E-state index in [4.69, 9.17) is 4.74 Å². The number of ether oxygens (including phenoxy) is 1. The second-order valence-corrected chi connectivity index (χ2v) is 8.50. The Labute approximate surface area is 153 Å². The van der Waals surface area contributed by atoms with Gasteiger partial charge in [0.15, 0.2) is 0 Å². The van der Waals surface area contributed by atoms with Gasteiger partial charge in [-0.1, -0.05) is 0 Å². The average molecular weight is 362 g/mol. The maximum atomic E-state index is 12.4. The van der Waals surface area contributed by atoms with Crippen molar-refractivity contribution in [1.29, 1.82) is 0 Å². The van der Waals surface area contributed by atoms with E-state index < -0.39 is 0 Å². The molecule has 1 aromatic carbocycles. The number of nitrogens with one attached hydrogen (secondary N) is 2. The van der Waals surface area contributed by atoms with Crippen LogP contribution in [0.1, 0.15) is 18.4 Å². The molecule has 1 saturated carbocycles. The Balaban J connectivity index is 1.33. The lowest BCUT2D eigenvalue weighted by molar-refractivity contribution is 0.122. The molecular formula is C19H27N3O2S. The fourth-order valence-electron chi connectivity index (χ4n) is 4.26. The lowest BCUT2D eigenvalue weighted by Crippen LogP contribution is -2.37. The fraction of sp³-hybridized carbons (Fsp3) is 0.632. The van der Waals surface area contributed by atoms with Gasteiger partial charge in [-0.25, -0.2) is 4.79 Å². The highest BCUT2D eigenvalue weighted by Gasteiger charge is 2.38. The number of carbonyl (C=O) groups excluding carboxylic acids is 1. The second-order valence-electron chi connectivity index (χ2n) is 7.42. The summed E-state index contributed by atoms with van der Waals surface area (Å²) in [6.45, 7) is 5.47. The summed E-state index contributed by atoms with van der Waals surface area (Å²) in [5.74, 6) is 4.16. The molecule has 2 aliphatic heterocycles. The summed E-state index contributed by atoms with van der Waals surface area (Å²) in [6, 6.07) is 6.52. The highest BCUT2D eigenvalue weighted by atomic mass is 32.2. The van der Waals surface area contributed by atoms with Gasteiger partial charge in [0.05, 0.1) is 13.2 Å². The molecule has 6 heteroatoms. The summed E-state index contributed by atoms with van der Waals surface area (Å²) in [5.41, 5.74) is 3.19. The fourth-order valence-corrected chi connectivity index (χ4v) is 5.82. The van der Waals surface area contributed by atoms with Crippen LogP contribution in [0.15, 0.2) is 18.2 Å². The molecule has 2 unspecified atom stereocenters. The van der Waals surface area contributed by atoms with Crippen LogP contribution in [0.3, 0.4) is 0 Å². The third-order valence-electron chi connectivity index (χ3n) is 5.67. The van der Waals surface area contributed by atoms with Crippen LogP contribution < -0.4 is 15.5 Å². The van der Waals surface area contributed by atoms with Crippen molar-refractivity contribution < 1.29 is 9.53 Å². The molecule has 2 N–H and O–H groups in total. The van der Waals surface area contributed by atoms with Gasteiger partial charge in [0, 0.05) is 30.5 Å². The monoisotopic (exact) mass is 361 g/mol. The molecule has 136 valence electrons. The van der Waals surface area contributed by atoms with Gasteiger partial charge in [0.2, 0.25) is 0 Å². The number of nitrogens with zero attached hydrogens (tertiary/aromatic N) is 1. The normalized spacial score (nSPS) is 28.7. The van der Waals surface area contributed by atoms with Crippen molar-refractivity contribution >= 4 is 29.2 Å². The van der Waals surface area contributed by atoms with E-state index in [0.717, 1.165) is 62.2 Å². The molecule has 0 radical (unpaired) electrons. The molecule has 1 aromatic rings. The molecule has 2 saturated heterocycles. The topological polar surface area (TPSA) is 53.6 Å². The molecule has 3 aliphatic rings. The van der Waals surface area contributed by atoms with Crippen LogP contribution in [0.4, 0.5) is 16.2 Å². The third kappa shape index (κ3) is 3.90. The lowest BCUT2D eigenvalue weighted by Gasteiger charge is -2.29. The van der Waals surface area contributed by atoms with Gasteiger partial charge in [-0.15, -0.1) is 0 Å². The lowest BCUT2D eigenvalue weighted by atomic mass is 10.0. The van der Waals surface area contributed by atoms with E-state index in [0.29, 0.717) is 6.04 Å². The predicted octanol–water partition coefficient (Wildman–Crippen LogP) is 3.09. The number of hydrogen-bond acceptors (Lipinski definition) is 4. The minimum atomic E-state index is -0.0696. The first kappa shape index (κ1) is 17.0. The van der Waals surface area contributed by atoms with E-state index in [9.17, 15) is 4.79 Å². The van der Waals surface area contributed by atoms with E-state index in [1.165, 1.54) is 17.2 Å². The number of anilines is 2. The van der Waals surface area contributed by atoms with E-state index >= 15 is 0 Å². The number of hydrogen-bond donors (Lipinski definition) is 2. The van der Waals surface area contributed by atoms with Crippen LogP contribution >= 0.6 is 11.8 Å². The molecule has 0 spiro atoms. The Morgan fingerprint density at radius 3 is 2.60 bits per heavy atom. The molecule has 2 heterocycles. The number of thioether (sulfide) groups is 1. The smallest absolute Gasteiger partial charge is 0.319 e. The van der Waals surface area contributed by atoms with E-state index in [1.54, 1.807) is 0 Å². The molecular weight excluding hydrogens is 334 g/mol. The largest absolute Gasteiger partial charge is 0.378 e. The Morgan fingerprint density at radius 2 is 1.92 bits per heavy atom. The highest BCUT2D eigenvalue weighted by Crippen LogP contribution is 2.42. The third-order valence-corrected chi connectivity index (χ3v) is 7.00. The molecule has 0 aromatic heterocycles. The first-order chi connectivity index (χ1) is 12.2. The van der Waals surface area contributed by atoms with Crippen molar-refractivity contribution in [3.8, 4) is 0 Å². The summed E-state index contributed by atoms with van der Waals surface area (Å²) >= 11 is 2.06. The molecule has 4 rings (SSSR count). The van der Waals surface area contributed by atoms with Gasteiger partial charge in [0.1, 0.15) is 0 Å². The van der Waals surface area contributed by atoms with E-state index in [-0.39, 0.29) is 6.03 Å². The predicted molar refractivity (Wildman–Crippen MR) is 104 cm³/mol. The Bertz CT molecular complexity index is 621. The number of fused-ring (bicyclic) bond motifs is 1. The highest BCUT2D eigenvalue weighted by molar-refractivity contribution is 7.99. The zero-order chi connectivity index (χ0) is 17.2. The quantitative estimate of drug-likeness (QED) is 0.869. The Morgan fingerprint density at radius 1 is 1.20 bits per heavy atom. The maximum absolute atomic E-state index is 12.4. The van der Waals surface area contributed by atoms with Crippen molar-refractivity contribution in [2.45, 2.75) is 25.8 Å². The van der Waals surface area contributed by atoms with Crippen LogP contribution in [0.25, 0.3) is 0 Å². The molecule has 1 aliphatic carbocycles.